The zero-order valence-electron chi connectivity index (χ0n) is 21.8. The number of hydrogen-bond acceptors (Lipinski definition) is 2. The van der Waals surface area contributed by atoms with Gasteiger partial charge in [0.2, 0.25) is 0 Å². The van der Waals surface area contributed by atoms with Crippen LogP contribution in [0.5, 0.6) is 0 Å². The fraction of sp³-hybridized carbons (Fsp3) is 0. The molecule has 2 heteroatoms. The molecule has 0 spiro atoms. The number of aromatic nitrogens is 2. The summed E-state index contributed by atoms with van der Waals surface area (Å²) in [5.74, 6) is 0. The third-order valence-corrected chi connectivity index (χ3v) is 7.89. The van der Waals surface area contributed by atoms with Gasteiger partial charge < -0.3 is 0 Å². The Bertz CT molecular complexity index is 2220. The number of hydrogen-bond donors (Lipinski definition) is 0. The molecule has 0 aliphatic carbocycles. The molecule has 40 heavy (non-hydrogen) atoms. The first-order valence-corrected chi connectivity index (χ1v) is 13.6. The zero-order chi connectivity index (χ0) is 26.5. The first-order chi connectivity index (χ1) is 19.8. The van der Waals surface area contributed by atoms with Gasteiger partial charge in [-0.1, -0.05) is 115 Å². The lowest BCUT2D eigenvalue weighted by molar-refractivity contribution is 1.35. The molecule has 2 aromatic heterocycles. The molecule has 186 valence electrons. The normalized spacial score (nSPS) is 11.9. The molecule has 0 atom stereocenters. The van der Waals surface area contributed by atoms with Crippen molar-refractivity contribution < 1.29 is 0 Å². The number of benzene rings is 6. The van der Waals surface area contributed by atoms with Crippen molar-refractivity contribution in [1.82, 2.24) is 9.97 Å². The molecule has 6 aromatic carbocycles. The third kappa shape index (κ3) is 3.73. The Morgan fingerprint density at radius 3 is 1.75 bits per heavy atom. The standard InChI is InChI=1S/C38H24N2/c1-2-9-33-31(7-1)32-8-3-4-10-34(32)36-24-29(19-22-35(33)36)26-14-11-25(12-15-26)13-20-30-21-18-28-17-16-27-6-5-23-39-37(27)38(28)40-30/h1-24H/b20-13+. The van der Waals surface area contributed by atoms with Gasteiger partial charge in [0, 0.05) is 17.0 Å². The van der Waals surface area contributed by atoms with Crippen molar-refractivity contribution >= 4 is 66.3 Å². The lowest BCUT2D eigenvalue weighted by Gasteiger charge is -2.12. The molecule has 0 aliphatic heterocycles. The van der Waals surface area contributed by atoms with Gasteiger partial charge in [-0.05, 0) is 73.3 Å². The van der Waals surface area contributed by atoms with Crippen LogP contribution in [-0.4, -0.2) is 9.97 Å². The Labute approximate surface area is 231 Å². The second-order valence-electron chi connectivity index (χ2n) is 10.3. The summed E-state index contributed by atoms with van der Waals surface area (Å²) in [6.45, 7) is 0. The maximum atomic E-state index is 4.91. The lowest BCUT2D eigenvalue weighted by atomic mass is 9.92. The number of nitrogens with zero attached hydrogens (tertiary/aromatic N) is 2. The van der Waals surface area contributed by atoms with Gasteiger partial charge in [-0.25, -0.2) is 4.98 Å². The minimum atomic E-state index is 0.920. The van der Waals surface area contributed by atoms with E-state index in [9.17, 15) is 0 Å². The van der Waals surface area contributed by atoms with E-state index in [1.54, 1.807) is 0 Å². The molecule has 0 unspecified atom stereocenters. The van der Waals surface area contributed by atoms with Gasteiger partial charge in [0.1, 0.15) is 0 Å². The first-order valence-electron chi connectivity index (χ1n) is 13.6. The van der Waals surface area contributed by atoms with Crippen LogP contribution >= 0.6 is 0 Å². The smallest absolute Gasteiger partial charge is 0.0971 e. The van der Waals surface area contributed by atoms with E-state index in [4.69, 9.17) is 4.98 Å². The molecule has 2 heterocycles. The van der Waals surface area contributed by atoms with Crippen LogP contribution in [0.1, 0.15) is 11.3 Å². The second kappa shape index (κ2) is 9.14. The monoisotopic (exact) mass is 508 g/mol. The van der Waals surface area contributed by atoms with E-state index in [-0.39, 0.29) is 0 Å². The van der Waals surface area contributed by atoms with Gasteiger partial charge in [-0.2, -0.15) is 0 Å². The molecule has 0 radical (unpaired) electrons. The largest absolute Gasteiger partial charge is 0.254 e. The average Bonchev–Trinajstić information content (AvgIpc) is 3.04. The number of rotatable bonds is 3. The highest BCUT2D eigenvalue weighted by molar-refractivity contribution is 6.25. The molecule has 0 saturated heterocycles. The van der Waals surface area contributed by atoms with Crippen molar-refractivity contribution in [3.8, 4) is 11.1 Å². The Kier molecular flexibility index (Phi) is 5.17. The quantitative estimate of drug-likeness (QED) is 0.222. The summed E-state index contributed by atoms with van der Waals surface area (Å²) in [6.07, 6.45) is 6.02. The molecule has 0 fully saturated rings. The molecular formula is C38H24N2. The van der Waals surface area contributed by atoms with Gasteiger partial charge in [-0.15, -0.1) is 0 Å². The van der Waals surface area contributed by atoms with Crippen molar-refractivity contribution in [2.75, 3.05) is 0 Å². The van der Waals surface area contributed by atoms with Crippen LogP contribution in [0.3, 0.4) is 0 Å². The predicted octanol–water partition coefficient (Wildman–Crippen LogP) is 10.1. The van der Waals surface area contributed by atoms with Crippen LogP contribution in [0.2, 0.25) is 0 Å². The SMILES string of the molecule is C(=C\c1ccc2ccc3cccnc3c2n1)/c1ccc(-c2ccc3c4ccccc4c4ccccc4c3c2)cc1. The zero-order valence-corrected chi connectivity index (χ0v) is 21.8. The summed E-state index contributed by atoms with van der Waals surface area (Å²) in [6, 6.07) is 45.5. The first kappa shape index (κ1) is 22.6. The van der Waals surface area contributed by atoms with E-state index in [0.717, 1.165) is 33.1 Å². The van der Waals surface area contributed by atoms with E-state index in [1.165, 1.54) is 43.4 Å². The molecule has 0 aliphatic rings. The predicted molar refractivity (Wildman–Crippen MR) is 170 cm³/mol. The fourth-order valence-electron chi connectivity index (χ4n) is 5.89. The van der Waals surface area contributed by atoms with Crippen LogP contribution in [-0.2, 0) is 0 Å². The second-order valence-corrected chi connectivity index (χ2v) is 10.3. The van der Waals surface area contributed by atoms with Crippen LogP contribution in [0, 0.1) is 0 Å². The van der Waals surface area contributed by atoms with Gasteiger partial charge in [0.25, 0.3) is 0 Å². The summed E-state index contributed by atoms with van der Waals surface area (Å²) >= 11 is 0. The van der Waals surface area contributed by atoms with Crippen molar-refractivity contribution in [3.63, 3.8) is 0 Å². The highest BCUT2D eigenvalue weighted by Crippen LogP contribution is 2.37. The van der Waals surface area contributed by atoms with Crippen molar-refractivity contribution in [3.05, 3.63) is 145 Å². The Hall–Kier alpha value is -5.34. The van der Waals surface area contributed by atoms with Crippen LogP contribution in [0.25, 0.3) is 77.4 Å². The molecule has 0 amide bonds. The van der Waals surface area contributed by atoms with Crippen molar-refractivity contribution in [1.29, 1.82) is 0 Å². The summed E-state index contributed by atoms with van der Waals surface area (Å²) in [7, 11) is 0. The van der Waals surface area contributed by atoms with E-state index in [2.05, 4.69) is 138 Å². The van der Waals surface area contributed by atoms with Crippen LogP contribution in [0.15, 0.2) is 134 Å². The van der Waals surface area contributed by atoms with E-state index in [0.29, 0.717) is 0 Å². The van der Waals surface area contributed by atoms with Gasteiger partial charge in [0.15, 0.2) is 0 Å². The number of pyridine rings is 2. The molecular weight excluding hydrogens is 484 g/mol. The summed E-state index contributed by atoms with van der Waals surface area (Å²) < 4.78 is 0. The molecule has 0 saturated carbocycles. The number of fused-ring (bicyclic) bond motifs is 9. The molecule has 0 bridgehead atoms. The molecule has 8 rings (SSSR count). The molecule has 0 N–H and O–H groups in total. The van der Waals surface area contributed by atoms with Crippen molar-refractivity contribution in [2.24, 2.45) is 0 Å². The Balaban J connectivity index is 1.15. The maximum Gasteiger partial charge on any atom is 0.0971 e. The minimum Gasteiger partial charge on any atom is -0.254 e. The lowest BCUT2D eigenvalue weighted by Crippen LogP contribution is -1.87. The average molecular weight is 509 g/mol. The third-order valence-electron chi connectivity index (χ3n) is 7.89. The maximum absolute atomic E-state index is 4.91. The van der Waals surface area contributed by atoms with Crippen LogP contribution in [0.4, 0.5) is 0 Å². The molecule has 2 nitrogen and oxygen atoms in total. The highest BCUT2D eigenvalue weighted by atomic mass is 14.7. The van der Waals surface area contributed by atoms with Crippen LogP contribution < -0.4 is 0 Å². The Morgan fingerprint density at radius 1 is 0.425 bits per heavy atom. The van der Waals surface area contributed by atoms with Gasteiger partial charge >= 0.3 is 0 Å². The van der Waals surface area contributed by atoms with Crippen molar-refractivity contribution in [2.45, 2.75) is 0 Å². The summed E-state index contributed by atoms with van der Waals surface area (Å²) in [4.78, 5) is 9.48. The minimum absolute atomic E-state index is 0.920. The van der Waals surface area contributed by atoms with Gasteiger partial charge in [-0.3, -0.25) is 4.98 Å². The van der Waals surface area contributed by atoms with E-state index in [1.807, 2.05) is 12.3 Å². The molecule has 8 aromatic rings. The topological polar surface area (TPSA) is 25.8 Å². The fourth-order valence-corrected chi connectivity index (χ4v) is 5.89. The van der Waals surface area contributed by atoms with E-state index >= 15 is 0 Å². The highest BCUT2D eigenvalue weighted by Gasteiger charge is 2.09. The summed E-state index contributed by atoms with van der Waals surface area (Å²) in [5, 5.41) is 9.99. The Morgan fingerprint density at radius 2 is 1.02 bits per heavy atom. The summed E-state index contributed by atoms with van der Waals surface area (Å²) in [5.41, 5.74) is 6.36. The van der Waals surface area contributed by atoms with E-state index < -0.39 is 0 Å². The van der Waals surface area contributed by atoms with Gasteiger partial charge in [0.05, 0.1) is 16.7 Å².